The van der Waals surface area contributed by atoms with E-state index >= 15 is 0 Å². The molecule has 1 aromatic carbocycles. The van der Waals surface area contributed by atoms with Crippen LogP contribution < -0.4 is 5.32 Å². The lowest BCUT2D eigenvalue weighted by molar-refractivity contribution is -0.115. The van der Waals surface area contributed by atoms with Crippen LogP contribution in [0, 0.1) is 18.3 Å². The van der Waals surface area contributed by atoms with Crippen molar-refractivity contribution in [2.45, 2.75) is 27.2 Å². The highest BCUT2D eigenvalue weighted by Gasteiger charge is 2.20. The molecule has 15 heavy (non-hydrogen) atoms. The van der Waals surface area contributed by atoms with Gasteiger partial charge in [-0.1, -0.05) is 19.9 Å². The van der Waals surface area contributed by atoms with Crippen molar-refractivity contribution in [3.63, 3.8) is 0 Å². The number of nitrogens with one attached hydrogen (secondary N) is 1. The molecule has 0 atom stereocenters. The summed E-state index contributed by atoms with van der Waals surface area (Å²) < 4.78 is 0. The second kappa shape index (κ2) is 4.61. The van der Waals surface area contributed by atoms with Gasteiger partial charge in [0.15, 0.2) is 0 Å². The minimum absolute atomic E-state index is 0.0305. The van der Waals surface area contributed by atoms with Crippen molar-refractivity contribution in [3.05, 3.63) is 28.8 Å². The van der Waals surface area contributed by atoms with Gasteiger partial charge < -0.3 is 5.32 Å². The van der Waals surface area contributed by atoms with Crippen LogP contribution in [0.3, 0.4) is 0 Å². The lowest BCUT2D eigenvalue weighted by Gasteiger charge is -2.02. The van der Waals surface area contributed by atoms with Crippen molar-refractivity contribution in [2.75, 3.05) is 5.32 Å². The first kappa shape index (κ1) is 11.3. The molecule has 0 aromatic heterocycles. The Morgan fingerprint density at radius 3 is 2.67 bits per heavy atom. The molecule has 1 aliphatic rings. The number of nitriles is 1. The summed E-state index contributed by atoms with van der Waals surface area (Å²) in [5, 5.41) is 11.5. The van der Waals surface area contributed by atoms with Gasteiger partial charge >= 0.3 is 0 Å². The number of hydrogen-bond acceptors (Lipinski definition) is 2. The minimum Gasteiger partial charge on any atom is -0.324 e. The maximum absolute atomic E-state index is 11.1. The summed E-state index contributed by atoms with van der Waals surface area (Å²) in [6.45, 7) is 5.92. The third-order valence-corrected chi connectivity index (χ3v) is 2.10. The molecule has 3 heteroatoms. The van der Waals surface area contributed by atoms with Crippen molar-refractivity contribution in [1.29, 1.82) is 5.26 Å². The molecule has 0 spiro atoms. The van der Waals surface area contributed by atoms with E-state index < -0.39 is 0 Å². The Labute approximate surface area is 89.7 Å². The highest BCUT2D eigenvalue weighted by molar-refractivity contribution is 6.00. The lowest BCUT2D eigenvalue weighted by Crippen LogP contribution is -2.04. The molecular formula is C12H14N2O. The molecule has 0 aliphatic carbocycles. The average Bonchev–Trinajstić information content (AvgIpc) is 2.60. The summed E-state index contributed by atoms with van der Waals surface area (Å²) in [7, 11) is 0. The molecule has 0 fully saturated rings. The van der Waals surface area contributed by atoms with E-state index in [0.29, 0.717) is 17.7 Å². The number of carbonyl (C=O) groups is 1. The van der Waals surface area contributed by atoms with Gasteiger partial charge in [0.05, 0.1) is 17.7 Å². The fraction of sp³-hybridized carbons (Fsp3) is 0.333. The minimum atomic E-state index is -0.0305. The van der Waals surface area contributed by atoms with Crippen LogP contribution in [0.4, 0.5) is 5.69 Å². The van der Waals surface area contributed by atoms with Gasteiger partial charge in [-0.2, -0.15) is 5.26 Å². The Balaban J connectivity index is 0.000000531. The molecule has 78 valence electrons. The maximum atomic E-state index is 11.1. The van der Waals surface area contributed by atoms with Gasteiger partial charge in [-0.05, 0) is 24.1 Å². The Morgan fingerprint density at radius 2 is 2.07 bits per heavy atom. The summed E-state index contributed by atoms with van der Waals surface area (Å²) in [4.78, 5) is 11.1. The van der Waals surface area contributed by atoms with E-state index in [0.717, 1.165) is 11.1 Å². The Hall–Kier alpha value is -1.82. The van der Waals surface area contributed by atoms with E-state index in [1.165, 1.54) is 0 Å². The van der Waals surface area contributed by atoms with Crippen LogP contribution in [-0.2, 0) is 11.2 Å². The first-order chi connectivity index (χ1) is 7.20. The lowest BCUT2D eigenvalue weighted by atomic mass is 10.0. The van der Waals surface area contributed by atoms with Gasteiger partial charge in [0.25, 0.3) is 0 Å². The maximum Gasteiger partial charge on any atom is 0.228 e. The van der Waals surface area contributed by atoms with Crippen LogP contribution in [0.2, 0.25) is 0 Å². The molecule has 3 nitrogen and oxygen atoms in total. The van der Waals surface area contributed by atoms with Crippen LogP contribution in [0.5, 0.6) is 0 Å². The van der Waals surface area contributed by atoms with Crippen molar-refractivity contribution in [3.8, 4) is 6.07 Å². The van der Waals surface area contributed by atoms with Gasteiger partial charge in [0.2, 0.25) is 5.91 Å². The summed E-state index contributed by atoms with van der Waals surface area (Å²) in [5.41, 5.74) is 3.20. The number of amides is 1. The molecule has 2 rings (SSSR count). The smallest absolute Gasteiger partial charge is 0.228 e. The zero-order valence-corrected chi connectivity index (χ0v) is 9.22. The van der Waals surface area contributed by atoms with Crippen LogP contribution in [0.1, 0.15) is 30.5 Å². The molecule has 0 saturated heterocycles. The molecule has 0 saturated carbocycles. The number of hydrogen-bond donors (Lipinski definition) is 1. The van der Waals surface area contributed by atoms with Crippen LogP contribution in [0.15, 0.2) is 12.1 Å². The van der Waals surface area contributed by atoms with Crippen molar-refractivity contribution < 1.29 is 4.79 Å². The molecule has 1 aromatic rings. The Kier molecular flexibility index (Phi) is 3.46. The fourth-order valence-corrected chi connectivity index (χ4v) is 1.59. The Morgan fingerprint density at radius 1 is 1.40 bits per heavy atom. The van der Waals surface area contributed by atoms with Gasteiger partial charge in [-0.25, -0.2) is 0 Å². The molecule has 0 unspecified atom stereocenters. The van der Waals surface area contributed by atoms with Gasteiger partial charge in [-0.15, -0.1) is 0 Å². The van der Waals surface area contributed by atoms with E-state index in [4.69, 9.17) is 5.26 Å². The van der Waals surface area contributed by atoms with E-state index in [2.05, 4.69) is 11.4 Å². The molecule has 1 N–H and O–H groups in total. The standard InChI is InChI=1S/C10H8N2O.C2H6/c1-6-2-7-4-9(13)12-10(7)8(3-6)5-11;1-2/h2-3H,4H2,1H3,(H,12,13);1-2H3. The van der Waals surface area contributed by atoms with Crippen molar-refractivity contribution in [1.82, 2.24) is 0 Å². The monoisotopic (exact) mass is 202 g/mol. The zero-order valence-electron chi connectivity index (χ0n) is 9.22. The fourth-order valence-electron chi connectivity index (χ4n) is 1.59. The highest BCUT2D eigenvalue weighted by atomic mass is 16.1. The summed E-state index contributed by atoms with van der Waals surface area (Å²) >= 11 is 0. The predicted octanol–water partition coefficient (Wildman–Crippen LogP) is 2.39. The SMILES string of the molecule is CC.Cc1cc(C#N)c2c(c1)CC(=O)N2. The van der Waals surface area contributed by atoms with E-state index in [1.54, 1.807) is 6.07 Å². The van der Waals surface area contributed by atoms with E-state index in [1.807, 2.05) is 26.8 Å². The number of anilines is 1. The Bertz CT molecular complexity index is 430. The molecule has 0 radical (unpaired) electrons. The third kappa shape index (κ3) is 2.16. The number of nitrogens with zero attached hydrogens (tertiary/aromatic N) is 1. The quantitative estimate of drug-likeness (QED) is 0.702. The highest BCUT2D eigenvalue weighted by Crippen LogP contribution is 2.27. The summed E-state index contributed by atoms with van der Waals surface area (Å²) in [6, 6.07) is 5.79. The van der Waals surface area contributed by atoms with Gasteiger partial charge in [0.1, 0.15) is 6.07 Å². The number of rotatable bonds is 0. The third-order valence-electron chi connectivity index (χ3n) is 2.10. The molecule has 1 aliphatic heterocycles. The molecule has 1 heterocycles. The normalized spacial score (nSPS) is 12.0. The van der Waals surface area contributed by atoms with Crippen LogP contribution in [0.25, 0.3) is 0 Å². The summed E-state index contributed by atoms with van der Waals surface area (Å²) in [6.07, 6.45) is 0.395. The number of aryl methyl sites for hydroxylation is 1. The van der Waals surface area contributed by atoms with Crippen LogP contribution in [-0.4, -0.2) is 5.91 Å². The molecular weight excluding hydrogens is 188 g/mol. The second-order valence-corrected chi connectivity index (χ2v) is 3.18. The first-order valence-corrected chi connectivity index (χ1v) is 5.04. The number of benzene rings is 1. The van der Waals surface area contributed by atoms with Gasteiger partial charge in [-0.3, -0.25) is 4.79 Å². The number of carbonyl (C=O) groups excluding carboxylic acids is 1. The first-order valence-electron chi connectivity index (χ1n) is 5.04. The molecule has 0 bridgehead atoms. The van der Waals surface area contributed by atoms with E-state index in [-0.39, 0.29) is 5.91 Å². The topological polar surface area (TPSA) is 52.9 Å². The summed E-state index contributed by atoms with van der Waals surface area (Å²) in [5.74, 6) is -0.0305. The largest absolute Gasteiger partial charge is 0.324 e. The average molecular weight is 202 g/mol. The number of fused-ring (bicyclic) bond motifs is 1. The van der Waals surface area contributed by atoms with E-state index in [9.17, 15) is 4.79 Å². The second-order valence-electron chi connectivity index (χ2n) is 3.18. The molecule has 1 amide bonds. The van der Waals surface area contributed by atoms with Crippen LogP contribution >= 0.6 is 0 Å². The zero-order chi connectivity index (χ0) is 11.4. The van der Waals surface area contributed by atoms with Crippen molar-refractivity contribution in [2.24, 2.45) is 0 Å². The van der Waals surface area contributed by atoms with Crippen molar-refractivity contribution >= 4 is 11.6 Å². The van der Waals surface area contributed by atoms with Gasteiger partial charge in [0, 0.05) is 0 Å². The predicted molar refractivity (Wildman–Crippen MR) is 59.6 cm³/mol.